The molecule has 2 N–H and O–H groups in total. The Bertz CT molecular complexity index is 1010. The monoisotopic (exact) mass is 425 g/mol. The van der Waals surface area contributed by atoms with E-state index < -0.39 is 6.10 Å². The molecule has 0 saturated carbocycles. The number of para-hydroxylation sites is 2. The molecule has 9 nitrogen and oxygen atoms in total. The summed E-state index contributed by atoms with van der Waals surface area (Å²) in [4.78, 5) is 38.9. The van der Waals surface area contributed by atoms with Crippen LogP contribution in [0.5, 0.6) is 17.2 Å². The summed E-state index contributed by atoms with van der Waals surface area (Å²) >= 11 is 0. The minimum Gasteiger partial charge on any atom is -0.486 e. The van der Waals surface area contributed by atoms with Crippen LogP contribution >= 0.6 is 0 Å². The molecule has 9 heteroatoms. The number of fused-ring (bicyclic) bond motifs is 2. The number of nitrogens with one attached hydrogen (secondary N) is 2. The van der Waals surface area contributed by atoms with Gasteiger partial charge in [0.15, 0.2) is 17.6 Å². The van der Waals surface area contributed by atoms with Gasteiger partial charge < -0.3 is 29.7 Å². The first-order valence-electron chi connectivity index (χ1n) is 10.1. The third kappa shape index (κ3) is 4.71. The number of rotatable bonds is 6. The summed E-state index contributed by atoms with van der Waals surface area (Å²) < 4.78 is 16.7. The molecule has 0 fully saturated rings. The summed E-state index contributed by atoms with van der Waals surface area (Å²) in [5, 5.41) is 5.49. The molecule has 2 aliphatic heterocycles. The lowest BCUT2D eigenvalue weighted by molar-refractivity contribution is -0.138. The van der Waals surface area contributed by atoms with Crippen molar-refractivity contribution in [2.75, 3.05) is 36.9 Å². The first-order chi connectivity index (χ1) is 15.0. The van der Waals surface area contributed by atoms with Gasteiger partial charge in [-0.2, -0.15) is 0 Å². The summed E-state index contributed by atoms with van der Waals surface area (Å²) in [5.41, 5.74) is 1.12. The molecular weight excluding hydrogens is 402 g/mol. The number of anilines is 2. The van der Waals surface area contributed by atoms with Crippen LogP contribution in [0.15, 0.2) is 42.5 Å². The van der Waals surface area contributed by atoms with E-state index in [9.17, 15) is 14.4 Å². The van der Waals surface area contributed by atoms with Crippen LogP contribution in [0.2, 0.25) is 0 Å². The van der Waals surface area contributed by atoms with Crippen LogP contribution in [-0.2, 0) is 14.4 Å². The number of ether oxygens (including phenoxy) is 3. The molecule has 0 bridgehead atoms. The highest BCUT2D eigenvalue weighted by Gasteiger charge is 2.31. The number of benzene rings is 2. The molecule has 0 saturated heterocycles. The van der Waals surface area contributed by atoms with Gasteiger partial charge >= 0.3 is 0 Å². The normalized spacial score (nSPS) is 16.4. The van der Waals surface area contributed by atoms with Gasteiger partial charge in [-0.15, -0.1) is 0 Å². The first kappa shape index (κ1) is 20.5. The maximum atomic E-state index is 12.7. The second-order valence-electron chi connectivity index (χ2n) is 7.11. The fourth-order valence-corrected chi connectivity index (χ4v) is 3.39. The zero-order chi connectivity index (χ0) is 21.8. The van der Waals surface area contributed by atoms with Crippen LogP contribution in [-0.4, -0.2) is 55.0 Å². The Balaban J connectivity index is 1.34. The van der Waals surface area contributed by atoms with E-state index in [1.165, 1.54) is 4.90 Å². The van der Waals surface area contributed by atoms with Crippen LogP contribution < -0.4 is 24.8 Å². The van der Waals surface area contributed by atoms with Crippen LogP contribution in [0.1, 0.15) is 13.3 Å². The molecule has 4 rings (SSSR count). The smallest absolute Gasteiger partial charge is 0.266 e. The molecule has 0 spiro atoms. The minimum atomic E-state index is -0.947. The van der Waals surface area contributed by atoms with E-state index >= 15 is 0 Å². The second-order valence-corrected chi connectivity index (χ2v) is 7.11. The Hall–Kier alpha value is -3.75. The first-order valence-corrected chi connectivity index (χ1v) is 10.1. The number of likely N-dealkylation sites (N-methyl/N-ethyl adjacent to an activating group) is 1. The third-order valence-corrected chi connectivity index (χ3v) is 4.96. The molecule has 2 heterocycles. The SMILES string of the molecule is CCN(CC(=O)Nc1ccc2c(c1)OCCO2)C(=O)C[C@@H]1Oc2ccccc2NC1=O. The van der Waals surface area contributed by atoms with Crippen LogP contribution in [0.3, 0.4) is 0 Å². The van der Waals surface area contributed by atoms with Gasteiger partial charge in [0.2, 0.25) is 11.8 Å². The van der Waals surface area contributed by atoms with Crippen molar-refractivity contribution in [2.24, 2.45) is 0 Å². The predicted octanol–water partition coefficient (Wildman–Crippen LogP) is 2.03. The van der Waals surface area contributed by atoms with Crippen molar-refractivity contribution in [2.45, 2.75) is 19.4 Å². The van der Waals surface area contributed by atoms with Crippen molar-refractivity contribution in [3.05, 3.63) is 42.5 Å². The van der Waals surface area contributed by atoms with Crippen molar-refractivity contribution >= 4 is 29.1 Å². The predicted molar refractivity (Wildman–Crippen MR) is 112 cm³/mol. The molecule has 2 aromatic rings. The van der Waals surface area contributed by atoms with E-state index in [4.69, 9.17) is 14.2 Å². The topological polar surface area (TPSA) is 106 Å². The molecule has 0 radical (unpaired) electrons. The molecule has 0 aliphatic carbocycles. The van der Waals surface area contributed by atoms with Gasteiger partial charge in [-0.05, 0) is 31.2 Å². The van der Waals surface area contributed by atoms with E-state index in [1.807, 2.05) is 0 Å². The molecule has 1 atom stereocenters. The lowest BCUT2D eigenvalue weighted by Crippen LogP contribution is -2.44. The highest BCUT2D eigenvalue weighted by Crippen LogP contribution is 2.32. The van der Waals surface area contributed by atoms with Crippen molar-refractivity contribution in [1.29, 1.82) is 0 Å². The Morgan fingerprint density at radius 1 is 1.10 bits per heavy atom. The summed E-state index contributed by atoms with van der Waals surface area (Å²) in [7, 11) is 0. The summed E-state index contributed by atoms with van der Waals surface area (Å²) in [6, 6.07) is 12.1. The fraction of sp³-hybridized carbons (Fsp3) is 0.318. The standard InChI is InChI=1S/C22H23N3O6/c1-2-25(13-20(26)23-14-7-8-17-18(11-14)30-10-9-29-17)21(27)12-19-22(28)24-15-5-3-4-6-16(15)31-19/h3-8,11,19H,2,9-10,12-13H2,1H3,(H,23,26)(H,24,28)/t19-/m0/s1. The quantitative estimate of drug-likeness (QED) is 0.734. The Morgan fingerprint density at radius 2 is 1.87 bits per heavy atom. The Labute approximate surface area is 179 Å². The van der Waals surface area contributed by atoms with Gasteiger partial charge in [-0.3, -0.25) is 14.4 Å². The summed E-state index contributed by atoms with van der Waals surface area (Å²) in [6.07, 6.45) is -1.11. The van der Waals surface area contributed by atoms with Crippen molar-refractivity contribution in [3.8, 4) is 17.2 Å². The molecule has 0 aromatic heterocycles. The average molecular weight is 425 g/mol. The molecule has 3 amide bonds. The highest BCUT2D eigenvalue weighted by atomic mass is 16.6. The minimum absolute atomic E-state index is 0.144. The number of nitrogens with zero attached hydrogens (tertiary/aromatic N) is 1. The lowest BCUT2D eigenvalue weighted by Gasteiger charge is -2.27. The zero-order valence-corrected chi connectivity index (χ0v) is 17.1. The van der Waals surface area contributed by atoms with E-state index in [0.717, 1.165) is 0 Å². The summed E-state index contributed by atoms with van der Waals surface area (Å²) in [5.74, 6) is 0.615. The maximum absolute atomic E-state index is 12.7. The van der Waals surface area contributed by atoms with Crippen LogP contribution in [0.25, 0.3) is 0 Å². The highest BCUT2D eigenvalue weighted by molar-refractivity contribution is 6.00. The number of amides is 3. The molecule has 2 aliphatic rings. The van der Waals surface area contributed by atoms with Gasteiger partial charge in [0, 0.05) is 18.3 Å². The van der Waals surface area contributed by atoms with Gasteiger partial charge in [0.1, 0.15) is 19.0 Å². The van der Waals surface area contributed by atoms with E-state index in [1.54, 1.807) is 49.4 Å². The maximum Gasteiger partial charge on any atom is 0.266 e. The second kappa shape index (κ2) is 8.95. The van der Waals surface area contributed by atoms with Crippen molar-refractivity contribution in [3.63, 3.8) is 0 Å². The lowest BCUT2D eigenvalue weighted by atomic mass is 10.1. The largest absolute Gasteiger partial charge is 0.486 e. The van der Waals surface area contributed by atoms with E-state index in [-0.39, 0.29) is 30.7 Å². The third-order valence-electron chi connectivity index (χ3n) is 4.96. The van der Waals surface area contributed by atoms with E-state index in [2.05, 4.69) is 10.6 Å². The number of carbonyl (C=O) groups excluding carboxylic acids is 3. The number of carbonyl (C=O) groups is 3. The zero-order valence-electron chi connectivity index (χ0n) is 17.1. The molecule has 0 unspecified atom stereocenters. The van der Waals surface area contributed by atoms with Gasteiger partial charge in [-0.1, -0.05) is 12.1 Å². The Morgan fingerprint density at radius 3 is 2.68 bits per heavy atom. The van der Waals surface area contributed by atoms with Crippen LogP contribution in [0, 0.1) is 0 Å². The average Bonchev–Trinajstić information content (AvgIpc) is 2.77. The van der Waals surface area contributed by atoms with Gasteiger partial charge in [-0.25, -0.2) is 0 Å². The van der Waals surface area contributed by atoms with Crippen molar-refractivity contribution < 1.29 is 28.6 Å². The van der Waals surface area contributed by atoms with Gasteiger partial charge in [0.25, 0.3) is 5.91 Å². The van der Waals surface area contributed by atoms with E-state index in [0.29, 0.717) is 48.4 Å². The molecular formula is C22H23N3O6. The van der Waals surface area contributed by atoms with Crippen molar-refractivity contribution in [1.82, 2.24) is 4.90 Å². The fourth-order valence-electron chi connectivity index (χ4n) is 3.39. The molecule has 162 valence electrons. The van der Waals surface area contributed by atoms with Gasteiger partial charge in [0.05, 0.1) is 18.7 Å². The summed E-state index contributed by atoms with van der Waals surface area (Å²) in [6.45, 7) is 2.88. The van der Waals surface area contributed by atoms with Crippen LogP contribution in [0.4, 0.5) is 11.4 Å². The Kier molecular flexibility index (Phi) is 5.92. The number of hydrogen-bond acceptors (Lipinski definition) is 6. The molecule has 31 heavy (non-hydrogen) atoms. The number of hydrogen-bond donors (Lipinski definition) is 2. The molecule has 2 aromatic carbocycles.